The average Bonchev–Trinajstić information content (AvgIpc) is 3.03. The molecule has 148 valence electrons. The number of aromatic nitrogens is 4. The van der Waals surface area contributed by atoms with Crippen LogP contribution in [0.15, 0.2) is 24.3 Å². The molecule has 1 aromatic carbocycles. The highest BCUT2D eigenvalue weighted by molar-refractivity contribution is 5.79. The Morgan fingerprint density at radius 1 is 1.18 bits per heavy atom. The number of halogens is 3. The predicted octanol–water partition coefficient (Wildman–Crippen LogP) is 3.49. The van der Waals surface area contributed by atoms with Crippen molar-refractivity contribution >= 4 is 11.7 Å². The van der Waals surface area contributed by atoms with Crippen LogP contribution in [0, 0.1) is 20.8 Å². The van der Waals surface area contributed by atoms with Gasteiger partial charge in [0.1, 0.15) is 0 Å². The monoisotopic (exact) mass is 391 g/mol. The van der Waals surface area contributed by atoms with Crippen molar-refractivity contribution in [2.45, 2.75) is 46.3 Å². The summed E-state index contributed by atoms with van der Waals surface area (Å²) in [6, 6.07) is 7.54. The summed E-state index contributed by atoms with van der Waals surface area (Å²) in [5, 5.41) is 6.42. The molecule has 0 aliphatic carbocycles. The van der Waals surface area contributed by atoms with Gasteiger partial charge in [0.05, 0.1) is 12.5 Å². The molecule has 0 radical (unpaired) electrons. The van der Waals surface area contributed by atoms with E-state index in [2.05, 4.69) is 20.4 Å². The SMILES string of the molecule is Cc1ccccc1C(C)NC(=O)Cc1c(C)nc2nc(C(F)(F)F)nn2c1C. The molecule has 0 saturated carbocycles. The predicted molar refractivity (Wildman–Crippen MR) is 96.7 cm³/mol. The number of carbonyl (C=O) groups excluding carboxylic acids is 1. The molecule has 1 unspecified atom stereocenters. The van der Waals surface area contributed by atoms with E-state index in [9.17, 15) is 18.0 Å². The highest BCUT2D eigenvalue weighted by atomic mass is 19.4. The number of benzene rings is 1. The van der Waals surface area contributed by atoms with Crippen LogP contribution >= 0.6 is 0 Å². The third-order valence-corrected chi connectivity index (χ3v) is 4.67. The third kappa shape index (κ3) is 3.83. The summed E-state index contributed by atoms with van der Waals surface area (Å²) >= 11 is 0. The number of hydrogen-bond donors (Lipinski definition) is 1. The Labute approximate surface area is 159 Å². The summed E-state index contributed by atoms with van der Waals surface area (Å²) in [5.41, 5.74) is 3.45. The highest BCUT2D eigenvalue weighted by Crippen LogP contribution is 2.27. The zero-order valence-electron chi connectivity index (χ0n) is 15.9. The van der Waals surface area contributed by atoms with Gasteiger partial charge in [0.25, 0.3) is 11.6 Å². The molecule has 1 amide bonds. The van der Waals surface area contributed by atoms with E-state index in [0.717, 1.165) is 15.6 Å². The van der Waals surface area contributed by atoms with Gasteiger partial charge in [0, 0.05) is 17.0 Å². The summed E-state index contributed by atoms with van der Waals surface area (Å²) in [6.07, 6.45) is -4.67. The van der Waals surface area contributed by atoms with Gasteiger partial charge in [-0.25, -0.2) is 9.50 Å². The van der Waals surface area contributed by atoms with Gasteiger partial charge in [-0.2, -0.15) is 18.2 Å². The maximum atomic E-state index is 12.9. The normalized spacial score (nSPS) is 13.0. The number of alkyl halides is 3. The van der Waals surface area contributed by atoms with E-state index in [-0.39, 0.29) is 24.1 Å². The molecule has 28 heavy (non-hydrogen) atoms. The lowest BCUT2D eigenvalue weighted by atomic mass is 10.0. The molecule has 9 heteroatoms. The van der Waals surface area contributed by atoms with E-state index in [0.29, 0.717) is 17.0 Å². The minimum absolute atomic E-state index is 0.0158. The molecular weight excluding hydrogens is 371 g/mol. The van der Waals surface area contributed by atoms with Crippen molar-refractivity contribution in [3.8, 4) is 0 Å². The van der Waals surface area contributed by atoms with Crippen LogP contribution in [0.25, 0.3) is 5.78 Å². The summed E-state index contributed by atoms with van der Waals surface area (Å²) in [5.74, 6) is -1.64. The van der Waals surface area contributed by atoms with E-state index in [1.807, 2.05) is 38.1 Å². The summed E-state index contributed by atoms with van der Waals surface area (Å²) in [4.78, 5) is 20.1. The van der Waals surface area contributed by atoms with E-state index >= 15 is 0 Å². The maximum Gasteiger partial charge on any atom is 0.453 e. The van der Waals surface area contributed by atoms with Crippen molar-refractivity contribution in [2.75, 3.05) is 0 Å². The van der Waals surface area contributed by atoms with Gasteiger partial charge in [0.15, 0.2) is 0 Å². The Morgan fingerprint density at radius 2 is 1.86 bits per heavy atom. The van der Waals surface area contributed by atoms with Gasteiger partial charge in [0.2, 0.25) is 5.91 Å². The van der Waals surface area contributed by atoms with Crippen molar-refractivity contribution in [1.82, 2.24) is 24.9 Å². The van der Waals surface area contributed by atoms with Crippen LogP contribution in [0.3, 0.4) is 0 Å². The van der Waals surface area contributed by atoms with E-state index < -0.39 is 12.0 Å². The quantitative estimate of drug-likeness (QED) is 0.739. The minimum Gasteiger partial charge on any atom is -0.349 e. The fourth-order valence-corrected chi connectivity index (χ4v) is 3.19. The van der Waals surface area contributed by atoms with Crippen molar-refractivity contribution in [1.29, 1.82) is 0 Å². The molecule has 0 spiro atoms. The first kappa shape index (κ1) is 19.8. The number of carbonyl (C=O) groups is 1. The second-order valence-electron chi connectivity index (χ2n) is 6.73. The van der Waals surface area contributed by atoms with Gasteiger partial charge in [-0.3, -0.25) is 4.79 Å². The van der Waals surface area contributed by atoms with Crippen molar-refractivity contribution in [3.63, 3.8) is 0 Å². The van der Waals surface area contributed by atoms with Crippen LogP contribution in [0.5, 0.6) is 0 Å². The van der Waals surface area contributed by atoms with Crippen LogP contribution in [0.4, 0.5) is 13.2 Å². The lowest BCUT2D eigenvalue weighted by Gasteiger charge is -2.17. The number of rotatable bonds is 4. The van der Waals surface area contributed by atoms with Gasteiger partial charge in [-0.1, -0.05) is 24.3 Å². The van der Waals surface area contributed by atoms with Gasteiger partial charge in [-0.15, -0.1) is 5.10 Å². The molecule has 0 aliphatic heterocycles. The van der Waals surface area contributed by atoms with Gasteiger partial charge in [-0.05, 0) is 38.8 Å². The maximum absolute atomic E-state index is 12.9. The van der Waals surface area contributed by atoms with Crippen LogP contribution in [-0.2, 0) is 17.4 Å². The molecular formula is C19H20F3N5O. The first-order chi connectivity index (χ1) is 13.1. The molecule has 0 saturated heterocycles. The first-order valence-corrected chi connectivity index (χ1v) is 8.73. The van der Waals surface area contributed by atoms with Crippen LogP contribution in [0.1, 0.15) is 46.9 Å². The molecule has 2 aromatic heterocycles. The molecule has 1 N–H and O–H groups in total. The fraction of sp³-hybridized carbons (Fsp3) is 0.368. The molecule has 1 atom stereocenters. The van der Waals surface area contributed by atoms with Crippen molar-refractivity contribution < 1.29 is 18.0 Å². The Bertz CT molecular complexity index is 1040. The number of amides is 1. The number of nitrogens with zero attached hydrogens (tertiary/aromatic N) is 4. The van der Waals surface area contributed by atoms with Gasteiger partial charge >= 0.3 is 6.18 Å². The fourth-order valence-electron chi connectivity index (χ4n) is 3.19. The highest BCUT2D eigenvalue weighted by Gasteiger charge is 2.37. The molecule has 6 nitrogen and oxygen atoms in total. The Kier molecular flexibility index (Phi) is 5.10. The molecule has 2 heterocycles. The lowest BCUT2D eigenvalue weighted by Crippen LogP contribution is -2.29. The van der Waals surface area contributed by atoms with Crippen LogP contribution in [0.2, 0.25) is 0 Å². The zero-order valence-corrected chi connectivity index (χ0v) is 15.9. The average molecular weight is 391 g/mol. The molecule has 0 fully saturated rings. The zero-order chi connectivity index (χ0) is 20.6. The van der Waals surface area contributed by atoms with Crippen molar-refractivity contribution in [2.24, 2.45) is 0 Å². The number of nitrogens with one attached hydrogen (secondary N) is 1. The number of fused-ring (bicyclic) bond motifs is 1. The number of hydrogen-bond acceptors (Lipinski definition) is 4. The Morgan fingerprint density at radius 3 is 2.50 bits per heavy atom. The minimum atomic E-state index is -4.66. The number of aryl methyl sites for hydroxylation is 3. The molecule has 3 aromatic rings. The molecule has 0 aliphatic rings. The standard InChI is InChI=1S/C19H20F3N5O/c1-10-7-5-6-8-14(10)11(2)23-16(28)9-15-12(3)24-18-25-17(19(20,21)22)26-27(18)13(15)4/h5-8,11H,9H2,1-4H3,(H,23,28). The molecule has 0 bridgehead atoms. The van der Waals surface area contributed by atoms with Crippen molar-refractivity contribution in [3.05, 3.63) is 58.2 Å². The summed E-state index contributed by atoms with van der Waals surface area (Å²) in [6.45, 7) is 7.09. The largest absolute Gasteiger partial charge is 0.453 e. The Balaban J connectivity index is 1.85. The second-order valence-corrected chi connectivity index (χ2v) is 6.73. The third-order valence-electron chi connectivity index (χ3n) is 4.67. The van der Waals surface area contributed by atoms with Crippen LogP contribution in [-0.4, -0.2) is 25.5 Å². The van der Waals surface area contributed by atoms with Gasteiger partial charge < -0.3 is 5.32 Å². The van der Waals surface area contributed by atoms with E-state index in [1.54, 1.807) is 13.8 Å². The smallest absolute Gasteiger partial charge is 0.349 e. The van der Waals surface area contributed by atoms with Crippen LogP contribution < -0.4 is 5.32 Å². The lowest BCUT2D eigenvalue weighted by molar-refractivity contribution is -0.144. The topological polar surface area (TPSA) is 72.2 Å². The summed E-state index contributed by atoms with van der Waals surface area (Å²) in [7, 11) is 0. The Hall–Kier alpha value is -2.97. The van der Waals surface area contributed by atoms with E-state index in [4.69, 9.17) is 0 Å². The second kappa shape index (κ2) is 7.21. The molecule has 3 rings (SSSR count). The summed E-state index contributed by atoms with van der Waals surface area (Å²) < 4.78 is 39.7. The first-order valence-electron chi connectivity index (χ1n) is 8.73. The van der Waals surface area contributed by atoms with E-state index in [1.165, 1.54) is 0 Å².